The molecular formula is C38H46FN5O10S. The summed E-state index contributed by atoms with van der Waals surface area (Å²) in [6.45, 7) is 7.33. The van der Waals surface area contributed by atoms with Gasteiger partial charge in [-0.3, -0.25) is 28.8 Å². The number of alkyl carbamates (subject to hydrolysis) is 1. The van der Waals surface area contributed by atoms with Crippen molar-refractivity contribution >= 4 is 45.7 Å². The van der Waals surface area contributed by atoms with Gasteiger partial charge in [-0.25, -0.2) is 22.4 Å². The van der Waals surface area contributed by atoms with Crippen LogP contribution in [-0.4, -0.2) is 108 Å². The molecule has 17 heteroatoms. The fourth-order valence-electron chi connectivity index (χ4n) is 8.38. The number of halogens is 1. The summed E-state index contributed by atoms with van der Waals surface area (Å²) in [7, 11) is -3.92. The highest BCUT2D eigenvalue weighted by Gasteiger charge is 2.61. The minimum absolute atomic E-state index is 0.0282. The number of benzene rings is 1. The van der Waals surface area contributed by atoms with Gasteiger partial charge >= 0.3 is 12.2 Å². The molecule has 3 saturated carbocycles. The number of Topliss-reactive ketones (excluding diaryl/α,β-unsaturated/α-hetero) is 1. The predicted octanol–water partition coefficient (Wildman–Crippen LogP) is 2.69. The van der Waals surface area contributed by atoms with E-state index in [2.05, 4.69) is 23.2 Å². The third-order valence-corrected chi connectivity index (χ3v) is 13.7. The number of carbonyl (C=O) groups excluding carboxylic acids is 6. The number of likely N-dealkylation sites (tertiary alicyclic amines) is 2. The lowest BCUT2D eigenvalue weighted by Crippen LogP contribution is -2.63. The van der Waals surface area contributed by atoms with Crippen LogP contribution < -0.4 is 10.0 Å². The van der Waals surface area contributed by atoms with Crippen LogP contribution in [0.5, 0.6) is 0 Å². The molecule has 5 fully saturated rings. The molecule has 1 aromatic rings. The van der Waals surface area contributed by atoms with Crippen LogP contribution in [0.3, 0.4) is 0 Å². The summed E-state index contributed by atoms with van der Waals surface area (Å²) in [6, 6.07) is 2.11. The van der Waals surface area contributed by atoms with Crippen molar-refractivity contribution in [1.82, 2.24) is 24.7 Å². The molecule has 2 saturated heterocycles. The molecule has 296 valence electrons. The number of sulfonamides is 1. The third kappa shape index (κ3) is 7.85. The number of amides is 5. The molecule has 55 heavy (non-hydrogen) atoms. The number of allylic oxidation sites excluding steroid dienone is 1. The molecule has 0 radical (unpaired) electrons. The number of nitrogens with zero attached hydrogens (tertiary/aromatic N) is 3. The van der Waals surface area contributed by atoms with E-state index in [1.54, 1.807) is 12.1 Å². The molecule has 15 nitrogen and oxygen atoms in total. The van der Waals surface area contributed by atoms with Crippen molar-refractivity contribution in [2.24, 2.45) is 17.3 Å². The molecule has 2 N–H and O–H groups in total. The molecule has 0 bridgehead atoms. The molecule has 2 unspecified atom stereocenters. The van der Waals surface area contributed by atoms with Crippen molar-refractivity contribution in [3.63, 3.8) is 0 Å². The highest BCUT2D eigenvalue weighted by Crippen LogP contribution is 2.57. The van der Waals surface area contributed by atoms with Crippen molar-refractivity contribution in [1.29, 1.82) is 0 Å². The number of carbonyl (C=O) groups is 6. The smallest absolute Gasteiger partial charge is 0.410 e. The van der Waals surface area contributed by atoms with Crippen LogP contribution in [0, 0.1) is 23.1 Å². The maximum absolute atomic E-state index is 14.6. The number of rotatable bonds is 13. The maximum Gasteiger partial charge on any atom is 0.410 e. The minimum atomic E-state index is -3.92. The van der Waals surface area contributed by atoms with E-state index in [-0.39, 0.29) is 57.6 Å². The molecule has 0 aromatic heterocycles. The van der Waals surface area contributed by atoms with Gasteiger partial charge in [-0.05, 0) is 68.6 Å². The standard InChI is InChI=1S/C38H46FN5O10S/c1-3-24-15-38(24,35(48)41-55(51,52)27-12-13-27)16-31(45)30-14-26(54-37(50)43-17-22-8-7-11-29(39)28(22)21-43)20-44(30)34(47)33(23-18-42(19-23)32(46)4-2)40-36(49)53-25-9-5-6-10-25/h3-4,7-8,11,23-27,30,33H,1-2,5-6,9-10,12-21H2,(H,40,49)(H,41,48)/t24-,26?,30+,33?,38-/m1/s1. The summed E-state index contributed by atoms with van der Waals surface area (Å²) < 4.78 is 53.5. The second kappa shape index (κ2) is 15.0. The largest absolute Gasteiger partial charge is 0.446 e. The predicted molar refractivity (Wildman–Crippen MR) is 192 cm³/mol. The number of ketones is 1. The second-order valence-electron chi connectivity index (χ2n) is 15.6. The van der Waals surface area contributed by atoms with Gasteiger partial charge < -0.3 is 24.6 Å². The van der Waals surface area contributed by atoms with Crippen LogP contribution in [0.25, 0.3) is 0 Å². The van der Waals surface area contributed by atoms with E-state index < -0.39 is 92.7 Å². The van der Waals surface area contributed by atoms with Gasteiger partial charge in [0.15, 0.2) is 5.78 Å². The molecular weight excluding hydrogens is 738 g/mol. The van der Waals surface area contributed by atoms with Gasteiger partial charge in [0.2, 0.25) is 27.7 Å². The molecule has 1 aromatic carbocycles. The molecule has 3 aliphatic heterocycles. The Kier molecular flexibility index (Phi) is 10.5. The molecule has 5 amide bonds. The third-order valence-electron chi connectivity index (χ3n) is 11.9. The number of hydrogen-bond acceptors (Lipinski definition) is 10. The highest BCUT2D eigenvalue weighted by atomic mass is 32.2. The average Bonchev–Trinajstić information content (AvgIpc) is 3.92. The van der Waals surface area contributed by atoms with E-state index in [9.17, 15) is 41.6 Å². The zero-order valence-electron chi connectivity index (χ0n) is 30.5. The Hall–Kier alpha value is -4.80. The molecule has 0 spiro atoms. The molecule has 7 rings (SSSR count). The molecule has 6 aliphatic rings. The quantitative estimate of drug-likeness (QED) is 0.222. The fourth-order valence-corrected chi connectivity index (χ4v) is 9.76. The summed E-state index contributed by atoms with van der Waals surface area (Å²) >= 11 is 0. The summed E-state index contributed by atoms with van der Waals surface area (Å²) in [5.74, 6) is -3.90. The summed E-state index contributed by atoms with van der Waals surface area (Å²) in [5.41, 5.74) is -0.408. The van der Waals surface area contributed by atoms with Crippen LogP contribution in [0.4, 0.5) is 14.0 Å². The van der Waals surface area contributed by atoms with E-state index >= 15 is 0 Å². The zero-order chi connectivity index (χ0) is 39.2. The van der Waals surface area contributed by atoms with Crippen molar-refractivity contribution in [2.45, 2.75) is 100 Å². The Bertz CT molecular complexity index is 1910. The van der Waals surface area contributed by atoms with Crippen molar-refractivity contribution < 1.29 is 51.0 Å². The van der Waals surface area contributed by atoms with Crippen LogP contribution in [0.15, 0.2) is 43.5 Å². The van der Waals surface area contributed by atoms with Gasteiger partial charge in [0, 0.05) is 44.0 Å². The van der Waals surface area contributed by atoms with Crippen LogP contribution in [0.1, 0.15) is 68.9 Å². The number of fused-ring (bicyclic) bond motifs is 1. The van der Waals surface area contributed by atoms with Crippen LogP contribution >= 0.6 is 0 Å². The van der Waals surface area contributed by atoms with E-state index in [0.29, 0.717) is 36.8 Å². The first kappa shape index (κ1) is 38.5. The lowest BCUT2D eigenvalue weighted by atomic mass is 9.89. The minimum Gasteiger partial charge on any atom is -0.446 e. The first-order valence-corrected chi connectivity index (χ1v) is 20.4. The fraction of sp³-hybridized carbons (Fsp3) is 0.579. The summed E-state index contributed by atoms with van der Waals surface area (Å²) in [5, 5.41) is 2.02. The lowest BCUT2D eigenvalue weighted by molar-refractivity contribution is -0.145. The summed E-state index contributed by atoms with van der Waals surface area (Å²) in [4.78, 5) is 85.4. The van der Waals surface area contributed by atoms with Gasteiger partial charge in [-0.2, -0.15) is 0 Å². The Balaban J connectivity index is 1.12. The lowest BCUT2D eigenvalue weighted by Gasteiger charge is -2.43. The van der Waals surface area contributed by atoms with Crippen molar-refractivity contribution in [2.75, 3.05) is 19.6 Å². The second-order valence-corrected chi connectivity index (χ2v) is 17.6. The Morgan fingerprint density at radius 1 is 0.964 bits per heavy atom. The molecule has 3 aliphatic carbocycles. The molecule has 5 atom stereocenters. The topological polar surface area (TPSA) is 189 Å². The number of ether oxygens (including phenoxy) is 2. The van der Waals surface area contributed by atoms with Gasteiger partial charge in [-0.15, -0.1) is 6.58 Å². The molecule has 3 heterocycles. The normalized spacial score (nSPS) is 26.7. The summed E-state index contributed by atoms with van der Waals surface area (Å²) in [6.07, 6.45) is 3.38. The average molecular weight is 784 g/mol. The SMILES string of the molecule is C=CC(=O)N1CC(C(NC(=O)OC2CCCC2)C(=O)N2CC(OC(=O)N3Cc4cccc(F)c4C3)C[C@H]2C(=O)C[C@]2(C(=O)NS(=O)(=O)C3CC3)C[C@H]2C=C)C1. The Labute approximate surface area is 318 Å². The van der Waals surface area contributed by atoms with Gasteiger partial charge in [0.1, 0.15) is 24.1 Å². The van der Waals surface area contributed by atoms with Gasteiger partial charge in [0.25, 0.3) is 0 Å². The van der Waals surface area contributed by atoms with Crippen molar-refractivity contribution in [3.05, 3.63) is 60.5 Å². The van der Waals surface area contributed by atoms with Gasteiger partial charge in [-0.1, -0.05) is 24.8 Å². The first-order valence-electron chi connectivity index (χ1n) is 18.8. The van der Waals surface area contributed by atoms with Gasteiger partial charge in [0.05, 0.1) is 29.8 Å². The van der Waals surface area contributed by atoms with E-state index in [1.165, 1.54) is 26.8 Å². The van der Waals surface area contributed by atoms with E-state index in [0.717, 1.165) is 18.9 Å². The van der Waals surface area contributed by atoms with Crippen molar-refractivity contribution in [3.8, 4) is 0 Å². The Morgan fingerprint density at radius 3 is 2.33 bits per heavy atom. The van der Waals surface area contributed by atoms with Crippen LogP contribution in [-0.2, 0) is 51.8 Å². The zero-order valence-corrected chi connectivity index (χ0v) is 31.3. The monoisotopic (exact) mass is 783 g/mol. The number of hydrogen-bond donors (Lipinski definition) is 2. The maximum atomic E-state index is 14.6. The van der Waals surface area contributed by atoms with Crippen LogP contribution in [0.2, 0.25) is 0 Å². The van der Waals surface area contributed by atoms with E-state index in [1.807, 2.05) is 0 Å². The van der Waals surface area contributed by atoms with E-state index in [4.69, 9.17) is 9.47 Å². The highest BCUT2D eigenvalue weighted by molar-refractivity contribution is 7.90. The Morgan fingerprint density at radius 2 is 1.69 bits per heavy atom. The number of nitrogens with one attached hydrogen (secondary N) is 2. The first-order chi connectivity index (χ1) is 26.2.